The molecule has 0 aromatic heterocycles. The molecular formula is C22H35ClN4O. The van der Waals surface area contributed by atoms with E-state index < -0.39 is 88.0 Å². The van der Waals surface area contributed by atoms with Gasteiger partial charge in [0.1, 0.15) is 0 Å². The molecule has 0 radical (unpaired) electrons. The van der Waals surface area contributed by atoms with Gasteiger partial charge in [-0.1, -0.05) is 23.7 Å². The van der Waals surface area contributed by atoms with Gasteiger partial charge in [0.05, 0.1) is 17.6 Å². The lowest BCUT2D eigenvalue weighted by Crippen LogP contribution is -2.47. The van der Waals surface area contributed by atoms with Crippen molar-refractivity contribution in [2.45, 2.75) is 44.8 Å². The van der Waals surface area contributed by atoms with Gasteiger partial charge in [-0.05, 0) is 62.9 Å². The van der Waals surface area contributed by atoms with Crippen LogP contribution in [0.1, 0.15) is 64.8 Å². The summed E-state index contributed by atoms with van der Waals surface area (Å²) in [6.45, 7) is -15.5. The number of rotatable bonds is 5. The van der Waals surface area contributed by atoms with Crippen LogP contribution in [0.25, 0.3) is 0 Å². The Balaban J connectivity index is 2.31. The van der Waals surface area contributed by atoms with Gasteiger partial charge in [-0.2, -0.15) is 0 Å². The number of nitrogens with zero attached hydrogens (tertiary/aromatic N) is 3. The molecule has 156 valence electrons. The molecule has 28 heavy (non-hydrogen) atoms. The summed E-state index contributed by atoms with van der Waals surface area (Å²) in [6, 6.07) is -1.40. The van der Waals surface area contributed by atoms with Crippen LogP contribution in [0.3, 0.4) is 0 Å². The molecule has 0 unspecified atom stereocenters. The predicted molar refractivity (Wildman–Crippen MR) is 117 cm³/mol. The quantitative estimate of drug-likeness (QED) is 0.773. The minimum atomic E-state index is -4.38. The number of urea groups is 1. The summed E-state index contributed by atoms with van der Waals surface area (Å²) in [5, 5.41) is 1.33. The van der Waals surface area contributed by atoms with Crippen LogP contribution in [-0.4, -0.2) is 68.5 Å². The fourth-order valence-corrected chi connectivity index (χ4v) is 2.33. The zero-order valence-corrected chi connectivity index (χ0v) is 16.3. The summed E-state index contributed by atoms with van der Waals surface area (Å²) in [4.78, 5) is 12.9. The summed E-state index contributed by atoms with van der Waals surface area (Å²) >= 11 is 6.30. The lowest BCUT2D eigenvalue weighted by atomic mass is 9.84. The number of carbonyl (C=O) groups is 1. The molecule has 1 N–H and O–H groups in total. The van der Waals surface area contributed by atoms with Crippen LogP contribution >= 0.6 is 11.6 Å². The Morgan fingerprint density at radius 3 is 2.61 bits per heavy atom. The van der Waals surface area contributed by atoms with Crippen molar-refractivity contribution >= 4 is 23.3 Å². The fourth-order valence-electron chi connectivity index (χ4n) is 2.12. The number of benzene rings is 1. The molecule has 1 aliphatic carbocycles. The van der Waals surface area contributed by atoms with E-state index in [1.54, 1.807) is 5.32 Å². The van der Waals surface area contributed by atoms with Crippen molar-refractivity contribution in [3.05, 3.63) is 28.8 Å². The largest absolute Gasteiger partial charge is 0.368 e. The molecule has 1 saturated heterocycles. The topological polar surface area (TPSA) is 38.8 Å². The first-order valence-corrected chi connectivity index (χ1v) is 8.67. The van der Waals surface area contributed by atoms with Gasteiger partial charge in [0.25, 0.3) is 0 Å². The van der Waals surface area contributed by atoms with Gasteiger partial charge >= 0.3 is 6.03 Å². The first kappa shape index (κ1) is 7.35. The molecule has 6 heteroatoms. The molecule has 0 spiro atoms. The molecular weight excluding hydrogens is 372 g/mol. The Morgan fingerprint density at radius 1 is 1.29 bits per heavy atom. The number of halogens is 1. The predicted octanol–water partition coefficient (Wildman–Crippen LogP) is 3.99. The van der Waals surface area contributed by atoms with Gasteiger partial charge in [-0.15, -0.1) is 0 Å². The SMILES string of the molecule is [2H]C1([2H])N(CC([2H])([2H])[C@]2([2H])C([2H])([2H])C([2H])([2H])[C@@]([2H])(NC(=O)N(C)C)C([2H])([2H])C2([2H])[2H])C([2H])([2H])C([2H])([2H])N(c2cccc(C)c2Cl)C1([2H])[2H]. The van der Waals surface area contributed by atoms with Gasteiger partial charge < -0.3 is 15.1 Å². The van der Waals surface area contributed by atoms with Crippen LogP contribution in [-0.2, 0) is 0 Å². The van der Waals surface area contributed by atoms with E-state index in [9.17, 15) is 4.79 Å². The standard InChI is InChI=1S/C22H35ClN4O/c1-17-5-4-6-20(21(17)23)27-15-13-26(14-16-27)12-11-18-7-9-19(10-8-18)24-22(28)25(2)3/h4-6,18-19H,7-16H2,1-3H3,(H,24,28)/t18-,19-/i7D2,8D2,9D2,10D2,11D2,13D2,14D2,15D2,16D2,18D,19D. The van der Waals surface area contributed by atoms with E-state index in [2.05, 4.69) is 0 Å². The monoisotopic (exact) mass is 426 g/mol. The van der Waals surface area contributed by atoms with Crippen LogP contribution in [0, 0.1) is 12.8 Å². The van der Waals surface area contributed by atoms with E-state index in [1.165, 1.54) is 19.1 Å². The molecule has 2 amide bonds. The molecule has 3 rings (SSSR count). The average molecular weight is 427 g/mol. The van der Waals surface area contributed by atoms with Gasteiger partial charge in [0.15, 0.2) is 0 Å². The number of hydrogen-bond donors (Lipinski definition) is 1. The molecule has 1 aliphatic heterocycles. The molecule has 1 aromatic carbocycles. The van der Waals surface area contributed by atoms with Crippen molar-refractivity contribution in [1.29, 1.82) is 0 Å². The number of hydrogen-bond acceptors (Lipinski definition) is 3. The first-order valence-electron chi connectivity index (χ1n) is 18.3. The number of piperazine rings is 1. The highest BCUT2D eigenvalue weighted by Crippen LogP contribution is 2.30. The van der Waals surface area contributed by atoms with Crippen molar-refractivity contribution < 1.29 is 32.2 Å². The number of aryl methyl sites for hydroxylation is 1. The van der Waals surface area contributed by atoms with E-state index >= 15 is 0 Å². The van der Waals surface area contributed by atoms with Crippen LogP contribution in [0.4, 0.5) is 10.5 Å². The Bertz CT molecular complexity index is 1410. The highest BCUT2D eigenvalue weighted by Gasteiger charge is 2.24. The molecule has 1 aromatic rings. The summed E-state index contributed by atoms with van der Waals surface area (Å²) in [5.74, 6) is -4.38. The highest BCUT2D eigenvalue weighted by atomic mass is 35.5. The van der Waals surface area contributed by atoms with Crippen molar-refractivity contribution in [3.63, 3.8) is 0 Å². The van der Waals surface area contributed by atoms with Gasteiger partial charge in [0, 0.05) is 66.7 Å². The van der Waals surface area contributed by atoms with Gasteiger partial charge in [-0.3, -0.25) is 4.90 Å². The highest BCUT2D eigenvalue weighted by molar-refractivity contribution is 6.34. The summed E-state index contributed by atoms with van der Waals surface area (Å²) < 4.78 is 173. The zero-order chi connectivity index (χ0) is 38.1. The lowest BCUT2D eigenvalue weighted by Gasteiger charge is -2.37. The van der Waals surface area contributed by atoms with Gasteiger partial charge in [0.2, 0.25) is 0 Å². The third-order valence-corrected chi connectivity index (χ3v) is 4.17. The van der Waals surface area contributed by atoms with Crippen molar-refractivity contribution in [3.8, 4) is 0 Å². The molecule has 1 saturated carbocycles. The van der Waals surface area contributed by atoms with E-state index in [1.807, 2.05) is 0 Å². The Labute approximate surface area is 203 Å². The minimum absolute atomic E-state index is 0.0795. The van der Waals surface area contributed by atoms with Crippen molar-refractivity contribution in [1.82, 2.24) is 15.1 Å². The third-order valence-electron chi connectivity index (χ3n) is 3.68. The number of carbonyl (C=O) groups excluding carboxylic acids is 1. The normalized spacial score (nSPS) is 54.2. The molecule has 2 aliphatic rings. The van der Waals surface area contributed by atoms with Crippen LogP contribution in [0.15, 0.2) is 18.2 Å². The molecule has 2 fully saturated rings. The van der Waals surface area contributed by atoms with E-state index in [-0.39, 0.29) is 20.4 Å². The van der Waals surface area contributed by atoms with E-state index in [0.29, 0.717) is 4.90 Å². The summed E-state index contributed by atoms with van der Waals surface area (Å²) in [7, 11) is 2.18. The van der Waals surface area contributed by atoms with Crippen LogP contribution in [0.2, 0.25) is 5.02 Å². The summed E-state index contributed by atoms with van der Waals surface area (Å²) in [5.41, 5.74) is -0.221. The Hall–Kier alpha value is -1.46. The minimum Gasteiger partial charge on any atom is -0.368 e. The fraction of sp³-hybridized carbons (Fsp3) is 0.682. The van der Waals surface area contributed by atoms with E-state index in [0.717, 1.165) is 20.2 Å². The second kappa shape index (κ2) is 9.84. The maximum absolute atomic E-state index is 12.5. The molecule has 0 atom stereocenters. The van der Waals surface area contributed by atoms with Gasteiger partial charge in [-0.25, -0.2) is 4.79 Å². The van der Waals surface area contributed by atoms with Crippen LogP contribution in [0.5, 0.6) is 0 Å². The second-order valence-electron chi connectivity index (χ2n) is 6.03. The zero-order valence-electron chi connectivity index (χ0n) is 35.6. The molecule has 1 heterocycles. The average Bonchev–Trinajstić information content (AvgIpc) is 2.91. The van der Waals surface area contributed by atoms with Crippen molar-refractivity contribution in [2.24, 2.45) is 5.89 Å². The Morgan fingerprint density at radius 2 is 1.96 bits per heavy atom. The van der Waals surface area contributed by atoms with Crippen LogP contribution < -0.4 is 10.2 Å². The number of amides is 2. The lowest BCUT2D eigenvalue weighted by molar-refractivity contribution is 0.194. The first-order chi connectivity index (χ1) is 21.0. The molecule has 5 nitrogen and oxygen atoms in total. The molecule has 0 bridgehead atoms. The number of nitrogens with one attached hydrogen (secondary N) is 1. The van der Waals surface area contributed by atoms with E-state index in [4.69, 9.17) is 39.0 Å². The summed E-state index contributed by atoms with van der Waals surface area (Å²) in [6.07, 6.45) is -21.1. The maximum Gasteiger partial charge on any atom is 0.317 e. The maximum atomic E-state index is 12.5. The number of anilines is 1. The Kier molecular flexibility index (Phi) is 2.58. The second-order valence-corrected chi connectivity index (χ2v) is 6.41. The van der Waals surface area contributed by atoms with Crippen molar-refractivity contribution in [2.75, 3.05) is 51.5 Å². The third kappa shape index (κ3) is 5.54. The smallest absolute Gasteiger partial charge is 0.317 e.